The van der Waals surface area contributed by atoms with E-state index in [1.165, 1.54) is 12.1 Å². The number of benzene rings is 1. The Kier molecular flexibility index (Phi) is 6.99. The lowest BCUT2D eigenvalue weighted by Gasteiger charge is -2.06. The molecule has 3 rings (SSSR count). The third-order valence-electron chi connectivity index (χ3n) is 3.92. The number of ether oxygens (including phenoxy) is 1. The number of hydrogen-bond donors (Lipinski definition) is 1. The van der Waals surface area contributed by atoms with Gasteiger partial charge in [0, 0.05) is 19.2 Å². The zero-order valence-electron chi connectivity index (χ0n) is 15.5. The van der Waals surface area contributed by atoms with Crippen LogP contribution in [0.5, 0.6) is 0 Å². The lowest BCUT2D eigenvalue weighted by atomic mass is 10.1. The summed E-state index contributed by atoms with van der Waals surface area (Å²) in [6.45, 7) is -0.00836. The van der Waals surface area contributed by atoms with Crippen LogP contribution in [0.4, 0.5) is 4.39 Å². The lowest BCUT2D eigenvalue weighted by Crippen LogP contribution is -2.30. The SMILES string of the molecule is O=C(COC(=O)CCc1nc(-c2ccccn2)no1)NCCc1ccc(F)cc1. The van der Waals surface area contributed by atoms with Crippen LogP contribution in [0.15, 0.2) is 53.2 Å². The average molecular weight is 398 g/mol. The van der Waals surface area contributed by atoms with Crippen molar-refractivity contribution in [2.75, 3.05) is 13.2 Å². The topological polar surface area (TPSA) is 107 Å². The molecule has 1 amide bonds. The number of hydrogen-bond acceptors (Lipinski definition) is 7. The molecule has 29 heavy (non-hydrogen) atoms. The number of carbonyl (C=O) groups excluding carboxylic acids is 2. The molecule has 0 atom stereocenters. The number of nitrogens with one attached hydrogen (secondary N) is 1. The number of carbonyl (C=O) groups is 2. The van der Waals surface area contributed by atoms with E-state index in [4.69, 9.17) is 9.26 Å². The lowest BCUT2D eigenvalue weighted by molar-refractivity contribution is -0.148. The highest BCUT2D eigenvalue weighted by Gasteiger charge is 2.13. The van der Waals surface area contributed by atoms with E-state index in [-0.39, 0.29) is 31.2 Å². The molecular weight excluding hydrogens is 379 g/mol. The molecule has 1 N–H and O–H groups in total. The fourth-order valence-corrected chi connectivity index (χ4v) is 2.43. The number of pyridine rings is 1. The third-order valence-corrected chi connectivity index (χ3v) is 3.92. The van der Waals surface area contributed by atoms with Crippen molar-refractivity contribution < 1.29 is 23.2 Å². The van der Waals surface area contributed by atoms with Gasteiger partial charge in [0.15, 0.2) is 6.61 Å². The first-order valence-electron chi connectivity index (χ1n) is 9.01. The number of aryl methyl sites for hydroxylation is 1. The number of aromatic nitrogens is 3. The molecule has 0 aliphatic carbocycles. The summed E-state index contributed by atoms with van der Waals surface area (Å²) in [6, 6.07) is 11.4. The second-order valence-corrected chi connectivity index (χ2v) is 6.11. The molecule has 0 unspecified atom stereocenters. The minimum absolute atomic E-state index is 0.00666. The minimum atomic E-state index is -0.545. The van der Waals surface area contributed by atoms with Crippen molar-refractivity contribution in [3.63, 3.8) is 0 Å². The Morgan fingerprint density at radius 3 is 2.69 bits per heavy atom. The Bertz CT molecular complexity index is 945. The molecule has 0 fully saturated rings. The molecule has 0 bridgehead atoms. The molecule has 1 aromatic carbocycles. The zero-order chi connectivity index (χ0) is 20.5. The quantitative estimate of drug-likeness (QED) is 0.550. The molecule has 9 heteroatoms. The molecule has 2 aromatic heterocycles. The minimum Gasteiger partial charge on any atom is -0.456 e. The first kappa shape index (κ1) is 20.1. The number of rotatable bonds is 9. The van der Waals surface area contributed by atoms with Crippen molar-refractivity contribution >= 4 is 11.9 Å². The molecule has 0 saturated carbocycles. The first-order valence-corrected chi connectivity index (χ1v) is 9.01. The van der Waals surface area contributed by atoms with Gasteiger partial charge >= 0.3 is 5.97 Å². The van der Waals surface area contributed by atoms with Crippen LogP contribution < -0.4 is 5.32 Å². The summed E-state index contributed by atoms with van der Waals surface area (Å²) >= 11 is 0. The maximum Gasteiger partial charge on any atom is 0.306 e. The van der Waals surface area contributed by atoms with Crippen molar-refractivity contribution in [1.82, 2.24) is 20.4 Å². The van der Waals surface area contributed by atoms with E-state index in [1.807, 2.05) is 0 Å². The molecule has 150 valence electrons. The van der Waals surface area contributed by atoms with Gasteiger partial charge in [-0.15, -0.1) is 0 Å². The van der Waals surface area contributed by atoms with Crippen LogP contribution in [0.3, 0.4) is 0 Å². The van der Waals surface area contributed by atoms with Crippen LogP contribution in [0.25, 0.3) is 11.5 Å². The van der Waals surface area contributed by atoms with Gasteiger partial charge < -0.3 is 14.6 Å². The molecular formula is C20H19FN4O4. The number of amides is 1. The Balaban J connectivity index is 1.33. The molecule has 8 nitrogen and oxygen atoms in total. The largest absolute Gasteiger partial charge is 0.456 e. The highest BCUT2D eigenvalue weighted by atomic mass is 19.1. The molecule has 3 aromatic rings. The van der Waals surface area contributed by atoms with Crippen molar-refractivity contribution in [1.29, 1.82) is 0 Å². The summed E-state index contributed by atoms with van der Waals surface area (Å²) in [7, 11) is 0. The van der Waals surface area contributed by atoms with Crippen LogP contribution in [0, 0.1) is 5.82 Å². The summed E-state index contributed by atoms with van der Waals surface area (Å²) in [5.74, 6) is -0.633. The van der Waals surface area contributed by atoms with Gasteiger partial charge in [0.2, 0.25) is 11.7 Å². The van der Waals surface area contributed by atoms with E-state index in [0.29, 0.717) is 24.5 Å². The zero-order valence-corrected chi connectivity index (χ0v) is 15.5. The van der Waals surface area contributed by atoms with Gasteiger partial charge in [-0.1, -0.05) is 23.4 Å². The Hall–Kier alpha value is -3.62. The summed E-state index contributed by atoms with van der Waals surface area (Å²) < 4.78 is 22.8. The van der Waals surface area contributed by atoms with E-state index in [9.17, 15) is 14.0 Å². The number of halogens is 1. The molecule has 0 spiro atoms. The predicted molar refractivity (Wildman–Crippen MR) is 99.9 cm³/mol. The van der Waals surface area contributed by atoms with Crippen LogP contribution >= 0.6 is 0 Å². The van der Waals surface area contributed by atoms with Crippen LogP contribution in [-0.4, -0.2) is 40.2 Å². The number of esters is 1. The summed E-state index contributed by atoms with van der Waals surface area (Å²) in [6.07, 6.45) is 2.38. The van der Waals surface area contributed by atoms with Crippen molar-refractivity contribution in [2.24, 2.45) is 0 Å². The van der Waals surface area contributed by atoms with Crippen molar-refractivity contribution in [3.05, 3.63) is 65.9 Å². The van der Waals surface area contributed by atoms with Gasteiger partial charge in [-0.3, -0.25) is 14.6 Å². The van der Waals surface area contributed by atoms with Crippen molar-refractivity contribution in [3.8, 4) is 11.5 Å². The fourth-order valence-electron chi connectivity index (χ4n) is 2.43. The standard InChI is InChI=1S/C20H19FN4O4/c21-15-6-4-14(5-7-15)10-12-23-17(26)13-28-19(27)9-8-18-24-20(25-29-18)16-3-1-2-11-22-16/h1-7,11H,8-10,12-13H2,(H,23,26). The van der Waals surface area contributed by atoms with Gasteiger partial charge in [-0.25, -0.2) is 4.39 Å². The smallest absolute Gasteiger partial charge is 0.306 e. The van der Waals surface area contributed by atoms with Crippen LogP contribution in [-0.2, 0) is 27.2 Å². The highest BCUT2D eigenvalue weighted by molar-refractivity contribution is 5.80. The average Bonchev–Trinajstić information content (AvgIpc) is 3.22. The Morgan fingerprint density at radius 2 is 1.93 bits per heavy atom. The van der Waals surface area contributed by atoms with E-state index in [2.05, 4.69) is 20.4 Å². The summed E-state index contributed by atoms with van der Waals surface area (Å²) in [4.78, 5) is 31.8. The van der Waals surface area contributed by atoms with Gasteiger partial charge in [-0.05, 0) is 36.2 Å². The van der Waals surface area contributed by atoms with E-state index >= 15 is 0 Å². The van der Waals surface area contributed by atoms with Gasteiger partial charge in [-0.2, -0.15) is 4.98 Å². The maximum absolute atomic E-state index is 12.8. The summed E-state index contributed by atoms with van der Waals surface area (Å²) in [5.41, 5.74) is 1.47. The second-order valence-electron chi connectivity index (χ2n) is 6.11. The van der Waals surface area contributed by atoms with Crippen LogP contribution in [0.1, 0.15) is 17.9 Å². The molecule has 2 heterocycles. The Labute approximate surface area is 166 Å². The normalized spacial score (nSPS) is 10.5. The first-order chi connectivity index (χ1) is 14.1. The maximum atomic E-state index is 12.8. The van der Waals surface area contributed by atoms with E-state index in [0.717, 1.165) is 5.56 Å². The Morgan fingerprint density at radius 1 is 1.10 bits per heavy atom. The predicted octanol–water partition coefficient (Wildman–Crippen LogP) is 2.11. The van der Waals surface area contributed by atoms with Gasteiger partial charge in [0.25, 0.3) is 5.91 Å². The van der Waals surface area contributed by atoms with Crippen LogP contribution in [0.2, 0.25) is 0 Å². The molecule has 0 radical (unpaired) electrons. The summed E-state index contributed by atoms with van der Waals surface area (Å²) in [5, 5.41) is 6.46. The number of nitrogens with zero attached hydrogens (tertiary/aromatic N) is 3. The highest BCUT2D eigenvalue weighted by Crippen LogP contribution is 2.12. The second kappa shape index (κ2) is 10.1. The molecule has 0 aliphatic rings. The van der Waals surface area contributed by atoms with Gasteiger partial charge in [0.1, 0.15) is 11.5 Å². The van der Waals surface area contributed by atoms with E-state index < -0.39 is 11.9 Å². The fraction of sp³-hybridized carbons (Fsp3) is 0.250. The monoisotopic (exact) mass is 398 g/mol. The van der Waals surface area contributed by atoms with E-state index in [1.54, 1.807) is 36.5 Å². The third kappa shape index (κ3) is 6.49. The molecule has 0 aliphatic heterocycles. The van der Waals surface area contributed by atoms with Crippen molar-refractivity contribution in [2.45, 2.75) is 19.3 Å². The van der Waals surface area contributed by atoms with Gasteiger partial charge in [0.05, 0.1) is 6.42 Å². The molecule has 0 saturated heterocycles.